The monoisotopic (exact) mass is 236 g/mol. The van der Waals surface area contributed by atoms with Crippen molar-refractivity contribution in [1.82, 2.24) is 0 Å². The molecule has 0 aromatic heterocycles. The van der Waals surface area contributed by atoms with Crippen LogP contribution in [-0.4, -0.2) is 19.1 Å². The Labute approximate surface area is 99.0 Å². The van der Waals surface area contributed by atoms with E-state index in [2.05, 4.69) is 5.32 Å². The van der Waals surface area contributed by atoms with Gasteiger partial charge in [0, 0.05) is 6.61 Å². The molecule has 0 aliphatic rings. The summed E-state index contributed by atoms with van der Waals surface area (Å²) in [6, 6.07) is 5.82. The summed E-state index contributed by atoms with van der Waals surface area (Å²) >= 11 is 0. The van der Waals surface area contributed by atoms with Crippen LogP contribution in [0.5, 0.6) is 0 Å². The van der Waals surface area contributed by atoms with Crippen LogP contribution in [0.4, 0.5) is 10.1 Å². The number of rotatable bonds is 5. The molecule has 1 aromatic rings. The number of carbonyl (C=O) groups is 1. The fourth-order valence-corrected chi connectivity index (χ4v) is 1.26. The third kappa shape index (κ3) is 3.85. The zero-order valence-electron chi connectivity index (χ0n) is 9.50. The molecule has 0 saturated heterocycles. The summed E-state index contributed by atoms with van der Waals surface area (Å²) in [5.74, 6) is -0.948. The number of hydrogen-bond acceptors (Lipinski definition) is 3. The van der Waals surface area contributed by atoms with E-state index in [9.17, 15) is 9.18 Å². The molecule has 1 amide bonds. The first-order chi connectivity index (χ1) is 8.19. The fourth-order valence-electron chi connectivity index (χ4n) is 1.26. The van der Waals surface area contributed by atoms with Gasteiger partial charge in [0.2, 0.25) is 5.91 Å². The Hall–Kier alpha value is -1.93. The number of carbonyl (C=O) groups excluding carboxylic acids is 1. The minimum Gasteiger partial charge on any atom is -0.381 e. The van der Waals surface area contributed by atoms with Crippen LogP contribution in [0.3, 0.4) is 0 Å². The lowest BCUT2D eigenvalue weighted by molar-refractivity contribution is -0.117. The van der Waals surface area contributed by atoms with Crippen molar-refractivity contribution in [2.24, 2.45) is 0 Å². The molecule has 1 rings (SSSR count). The van der Waals surface area contributed by atoms with E-state index in [0.29, 0.717) is 13.2 Å². The van der Waals surface area contributed by atoms with Gasteiger partial charge >= 0.3 is 0 Å². The first-order valence-electron chi connectivity index (χ1n) is 5.25. The molecule has 0 heterocycles. The lowest BCUT2D eigenvalue weighted by Gasteiger charge is -2.07. The molecule has 0 spiro atoms. The van der Waals surface area contributed by atoms with Gasteiger partial charge < -0.3 is 10.1 Å². The summed E-state index contributed by atoms with van der Waals surface area (Å²) in [6.45, 7) is 2.68. The van der Waals surface area contributed by atoms with Gasteiger partial charge in [0.05, 0.1) is 18.7 Å². The Balaban J connectivity index is 2.66. The Bertz CT molecular complexity index is 441. The molecule has 4 nitrogen and oxygen atoms in total. The smallest absolute Gasteiger partial charge is 0.226 e. The van der Waals surface area contributed by atoms with Gasteiger partial charge in [0.15, 0.2) is 0 Å². The van der Waals surface area contributed by atoms with Crippen molar-refractivity contribution >= 4 is 11.6 Å². The van der Waals surface area contributed by atoms with E-state index in [1.807, 2.05) is 6.92 Å². The molecule has 1 N–H and O–H groups in total. The summed E-state index contributed by atoms with van der Waals surface area (Å²) in [5, 5.41) is 11.2. The van der Waals surface area contributed by atoms with Gasteiger partial charge in [-0.25, -0.2) is 4.39 Å². The Morgan fingerprint density at radius 1 is 1.59 bits per heavy atom. The van der Waals surface area contributed by atoms with E-state index in [1.54, 1.807) is 6.07 Å². The molecule has 5 heteroatoms. The predicted molar refractivity (Wildman–Crippen MR) is 60.9 cm³/mol. The van der Waals surface area contributed by atoms with Crippen LogP contribution in [0.25, 0.3) is 0 Å². The highest BCUT2D eigenvalue weighted by Gasteiger charge is 2.10. The van der Waals surface area contributed by atoms with Gasteiger partial charge in [0.25, 0.3) is 0 Å². The second kappa shape index (κ2) is 6.61. The average molecular weight is 236 g/mol. The predicted octanol–water partition coefficient (Wildman–Crippen LogP) is 2.06. The standard InChI is InChI=1S/C12H13FN2O2/c1-2-17-7-6-12(16)15-11-5-3-4-10(13)9(11)8-14/h3-5H,2,6-7H2,1H3,(H,15,16). The van der Waals surface area contributed by atoms with Gasteiger partial charge in [-0.3, -0.25) is 4.79 Å². The van der Waals surface area contributed by atoms with Crippen LogP contribution in [0, 0.1) is 17.1 Å². The maximum atomic E-state index is 13.2. The van der Waals surface area contributed by atoms with E-state index >= 15 is 0 Å². The Morgan fingerprint density at radius 3 is 3.00 bits per heavy atom. The van der Waals surface area contributed by atoms with E-state index < -0.39 is 5.82 Å². The highest BCUT2D eigenvalue weighted by molar-refractivity contribution is 5.92. The third-order valence-electron chi connectivity index (χ3n) is 2.08. The quantitative estimate of drug-likeness (QED) is 0.796. The fraction of sp³-hybridized carbons (Fsp3) is 0.333. The van der Waals surface area contributed by atoms with Gasteiger partial charge in [-0.05, 0) is 19.1 Å². The van der Waals surface area contributed by atoms with Crippen molar-refractivity contribution in [3.63, 3.8) is 0 Å². The maximum absolute atomic E-state index is 13.2. The summed E-state index contributed by atoms with van der Waals surface area (Å²) in [7, 11) is 0. The molecule has 0 saturated carbocycles. The normalized spacial score (nSPS) is 9.71. The molecule has 17 heavy (non-hydrogen) atoms. The molecule has 0 aliphatic carbocycles. The number of halogens is 1. The summed E-state index contributed by atoms with van der Waals surface area (Å²) in [5.41, 5.74) is 0.0336. The van der Waals surface area contributed by atoms with Crippen LogP contribution < -0.4 is 5.32 Å². The summed E-state index contributed by atoms with van der Waals surface area (Å²) < 4.78 is 18.2. The SMILES string of the molecule is CCOCCC(=O)Nc1cccc(F)c1C#N. The Morgan fingerprint density at radius 2 is 2.35 bits per heavy atom. The largest absolute Gasteiger partial charge is 0.381 e. The number of anilines is 1. The molecule has 90 valence electrons. The highest BCUT2D eigenvalue weighted by Crippen LogP contribution is 2.17. The number of nitriles is 1. The first kappa shape index (κ1) is 13.1. The van der Waals surface area contributed by atoms with Crippen LogP contribution in [0.2, 0.25) is 0 Å². The number of ether oxygens (including phenoxy) is 1. The van der Waals surface area contributed by atoms with Crippen molar-refractivity contribution in [3.05, 3.63) is 29.6 Å². The van der Waals surface area contributed by atoms with Crippen molar-refractivity contribution in [2.45, 2.75) is 13.3 Å². The van der Waals surface area contributed by atoms with E-state index in [-0.39, 0.29) is 23.6 Å². The molecule has 0 aliphatic heterocycles. The number of nitrogens with one attached hydrogen (secondary N) is 1. The van der Waals surface area contributed by atoms with Gasteiger partial charge in [-0.2, -0.15) is 5.26 Å². The number of hydrogen-bond donors (Lipinski definition) is 1. The third-order valence-corrected chi connectivity index (χ3v) is 2.08. The molecular formula is C12H13FN2O2. The molecule has 0 radical (unpaired) electrons. The maximum Gasteiger partial charge on any atom is 0.226 e. The van der Waals surface area contributed by atoms with Gasteiger partial charge in [0.1, 0.15) is 17.4 Å². The zero-order valence-corrected chi connectivity index (χ0v) is 9.50. The van der Waals surface area contributed by atoms with Crippen LogP contribution >= 0.6 is 0 Å². The van der Waals surface area contributed by atoms with Crippen LogP contribution in [-0.2, 0) is 9.53 Å². The second-order valence-electron chi connectivity index (χ2n) is 3.27. The molecular weight excluding hydrogens is 223 g/mol. The number of amides is 1. The van der Waals surface area contributed by atoms with Crippen LogP contribution in [0.1, 0.15) is 18.9 Å². The van der Waals surface area contributed by atoms with Gasteiger partial charge in [-0.15, -0.1) is 0 Å². The average Bonchev–Trinajstić information content (AvgIpc) is 2.29. The first-order valence-corrected chi connectivity index (χ1v) is 5.25. The number of nitrogens with zero attached hydrogens (tertiary/aromatic N) is 1. The number of benzene rings is 1. The van der Waals surface area contributed by atoms with E-state index in [0.717, 1.165) is 0 Å². The molecule has 0 atom stereocenters. The van der Waals surface area contributed by atoms with Crippen molar-refractivity contribution in [1.29, 1.82) is 5.26 Å². The van der Waals surface area contributed by atoms with E-state index in [4.69, 9.17) is 10.00 Å². The van der Waals surface area contributed by atoms with Crippen LogP contribution in [0.15, 0.2) is 18.2 Å². The molecule has 0 bridgehead atoms. The minimum atomic E-state index is -0.643. The Kier molecular flexibility index (Phi) is 5.11. The topological polar surface area (TPSA) is 62.1 Å². The molecule has 0 unspecified atom stereocenters. The lowest BCUT2D eigenvalue weighted by atomic mass is 10.2. The second-order valence-corrected chi connectivity index (χ2v) is 3.27. The summed E-state index contributed by atoms with van der Waals surface area (Å²) in [6.07, 6.45) is 0.176. The van der Waals surface area contributed by atoms with Crippen molar-refractivity contribution in [3.8, 4) is 6.07 Å². The highest BCUT2D eigenvalue weighted by atomic mass is 19.1. The molecule has 1 aromatic carbocycles. The van der Waals surface area contributed by atoms with E-state index in [1.165, 1.54) is 18.2 Å². The van der Waals surface area contributed by atoms with Crippen molar-refractivity contribution < 1.29 is 13.9 Å². The minimum absolute atomic E-state index is 0.155. The zero-order chi connectivity index (χ0) is 12.7. The van der Waals surface area contributed by atoms with Gasteiger partial charge in [-0.1, -0.05) is 6.07 Å². The molecule has 0 fully saturated rings. The lowest BCUT2D eigenvalue weighted by Crippen LogP contribution is -2.15. The summed E-state index contributed by atoms with van der Waals surface area (Å²) in [4.78, 5) is 11.4. The van der Waals surface area contributed by atoms with Crippen molar-refractivity contribution in [2.75, 3.05) is 18.5 Å².